The molecule has 0 aliphatic heterocycles. The number of aromatic nitrogens is 1. The highest BCUT2D eigenvalue weighted by molar-refractivity contribution is 7.93. The van der Waals surface area contributed by atoms with Crippen LogP contribution in [0.3, 0.4) is 0 Å². The summed E-state index contributed by atoms with van der Waals surface area (Å²) in [6.45, 7) is 2.76. The predicted molar refractivity (Wildman–Crippen MR) is 117 cm³/mol. The number of fused-ring (bicyclic) bond motifs is 1. The molecule has 1 heterocycles. The second kappa shape index (κ2) is 7.06. The highest BCUT2D eigenvalue weighted by Crippen LogP contribution is 2.37. The molecule has 7 heteroatoms. The normalized spacial score (nSPS) is 16.4. The number of ether oxygens (including phenoxy) is 1. The lowest BCUT2D eigenvalue weighted by Gasteiger charge is -2.11. The van der Waals surface area contributed by atoms with Crippen LogP contribution in [0.15, 0.2) is 42.5 Å². The smallest absolute Gasteiger partial charge is 0.235 e. The van der Waals surface area contributed by atoms with E-state index in [4.69, 9.17) is 4.74 Å². The maximum atomic E-state index is 12.2. The monoisotopic (exact) mass is 421 g/mol. The Labute approximate surface area is 176 Å². The third kappa shape index (κ3) is 3.41. The van der Waals surface area contributed by atoms with Gasteiger partial charge in [-0.1, -0.05) is 12.1 Å². The molecule has 0 radical (unpaired) electrons. The molecule has 1 aromatic heterocycles. The molecule has 2 aromatic carbocycles. The van der Waals surface area contributed by atoms with Crippen LogP contribution in [0.5, 0.6) is 5.75 Å². The Morgan fingerprint density at radius 1 is 1.13 bits per heavy atom. The number of anilines is 1. The van der Waals surface area contributed by atoms with Gasteiger partial charge in [0.15, 0.2) is 0 Å². The maximum absolute atomic E-state index is 12.2. The van der Waals surface area contributed by atoms with Crippen molar-refractivity contribution in [3.05, 3.63) is 48.0 Å². The molecule has 2 fully saturated rings. The average molecular weight is 422 g/mol. The highest BCUT2D eigenvalue weighted by Gasteiger charge is 2.35. The Kier molecular flexibility index (Phi) is 4.48. The molecule has 2 aliphatic carbocycles. The lowest BCUT2D eigenvalue weighted by atomic mass is 10.1. The van der Waals surface area contributed by atoms with Gasteiger partial charge in [0.05, 0.1) is 28.1 Å². The van der Waals surface area contributed by atoms with Crippen LogP contribution >= 0.6 is 0 Å². The quantitative estimate of drug-likeness (QED) is 0.602. The van der Waals surface area contributed by atoms with Crippen LogP contribution in [0, 0.1) is 11.3 Å². The first-order chi connectivity index (χ1) is 14.5. The van der Waals surface area contributed by atoms with Crippen LogP contribution in [-0.2, 0) is 16.6 Å². The van der Waals surface area contributed by atoms with Gasteiger partial charge in [0, 0.05) is 23.7 Å². The van der Waals surface area contributed by atoms with E-state index in [0.29, 0.717) is 23.9 Å². The van der Waals surface area contributed by atoms with Crippen molar-refractivity contribution in [1.29, 1.82) is 5.26 Å². The van der Waals surface area contributed by atoms with E-state index in [-0.39, 0.29) is 5.25 Å². The van der Waals surface area contributed by atoms with Gasteiger partial charge < -0.3 is 9.30 Å². The molecule has 5 rings (SSSR count). The van der Waals surface area contributed by atoms with Gasteiger partial charge in [-0.2, -0.15) is 5.26 Å². The van der Waals surface area contributed by atoms with E-state index in [1.54, 1.807) is 12.1 Å². The number of benzene rings is 2. The van der Waals surface area contributed by atoms with Gasteiger partial charge in [0.1, 0.15) is 11.8 Å². The maximum Gasteiger partial charge on any atom is 0.235 e. The summed E-state index contributed by atoms with van der Waals surface area (Å²) in [6, 6.07) is 15.5. The number of sulfonamides is 1. The molecule has 2 aliphatic rings. The van der Waals surface area contributed by atoms with Crippen molar-refractivity contribution in [3.8, 4) is 23.1 Å². The van der Waals surface area contributed by atoms with E-state index in [1.165, 1.54) is 0 Å². The fourth-order valence-electron chi connectivity index (χ4n) is 3.84. The summed E-state index contributed by atoms with van der Waals surface area (Å²) in [5.74, 6) is 0.832. The first kappa shape index (κ1) is 19.0. The van der Waals surface area contributed by atoms with Crippen molar-refractivity contribution < 1.29 is 13.2 Å². The summed E-state index contributed by atoms with van der Waals surface area (Å²) in [4.78, 5) is 0. The van der Waals surface area contributed by atoms with Crippen LogP contribution in [0.2, 0.25) is 0 Å². The molecule has 1 N–H and O–H groups in total. The molecule has 0 bridgehead atoms. The van der Waals surface area contributed by atoms with Crippen molar-refractivity contribution in [3.63, 3.8) is 0 Å². The Morgan fingerprint density at radius 2 is 1.87 bits per heavy atom. The minimum Gasteiger partial charge on any atom is -0.490 e. The second-order valence-corrected chi connectivity index (χ2v) is 9.96. The third-order valence-electron chi connectivity index (χ3n) is 5.67. The fourth-order valence-corrected chi connectivity index (χ4v) is 5.23. The van der Waals surface area contributed by atoms with Gasteiger partial charge >= 0.3 is 0 Å². The zero-order chi connectivity index (χ0) is 20.9. The van der Waals surface area contributed by atoms with Crippen molar-refractivity contribution >= 4 is 26.6 Å². The molecular weight excluding hydrogens is 398 g/mol. The number of nitriles is 1. The van der Waals surface area contributed by atoms with Crippen LogP contribution in [0.25, 0.3) is 22.2 Å². The number of hydrogen-bond acceptors (Lipinski definition) is 4. The summed E-state index contributed by atoms with van der Waals surface area (Å²) in [6.07, 6.45) is 3.95. The lowest BCUT2D eigenvalue weighted by Crippen LogP contribution is -2.17. The summed E-state index contributed by atoms with van der Waals surface area (Å²) < 4.78 is 35.1. The van der Waals surface area contributed by atoms with Crippen molar-refractivity contribution in [2.24, 2.45) is 0 Å². The minimum absolute atomic E-state index is 0.267. The molecule has 0 saturated heterocycles. The van der Waals surface area contributed by atoms with Crippen LogP contribution in [-0.4, -0.2) is 24.3 Å². The summed E-state index contributed by atoms with van der Waals surface area (Å²) >= 11 is 0. The predicted octanol–water partition coefficient (Wildman–Crippen LogP) is 4.65. The molecule has 154 valence electrons. The van der Waals surface area contributed by atoms with E-state index in [2.05, 4.69) is 22.3 Å². The van der Waals surface area contributed by atoms with E-state index in [9.17, 15) is 13.7 Å². The summed E-state index contributed by atoms with van der Waals surface area (Å²) in [5, 5.41) is 10.5. The van der Waals surface area contributed by atoms with E-state index in [1.807, 2.05) is 30.3 Å². The highest BCUT2D eigenvalue weighted by atomic mass is 32.2. The number of rotatable bonds is 7. The number of aryl methyl sites for hydroxylation is 1. The molecule has 0 amide bonds. The van der Waals surface area contributed by atoms with E-state index >= 15 is 0 Å². The Balaban J connectivity index is 1.54. The molecule has 2 saturated carbocycles. The summed E-state index contributed by atoms with van der Waals surface area (Å²) in [5.41, 5.74) is 3.86. The van der Waals surface area contributed by atoms with E-state index in [0.717, 1.165) is 53.6 Å². The molecule has 3 aromatic rings. The van der Waals surface area contributed by atoms with Crippen LogP contribution in [0.1, 0.15) is 38.2 Å². The van der Waals surface area contributed by atoms with Gasteiger partial charge in [-0.25, -0.2) is 8.42 Å². The first-order valence-corrected chi connectivity index (χ1v) is 11.9. The molecule has 0 spiro atoms. The number of nitrogens with zero attached hydrogens (tertiary/aromatic N) is 2. The van der Waals surface area contributed by atoms with E-state index < -0.39 is 10.0 Å². The number of nitrogens with one attached hydrogen (secondary N) is 1. The standard InChI is InChI=1S/C23H23N3O3S/c1-2-26-22-13-18(29-17-7-8-17)9-12-20(22)21(14-24)23(26)15-3-5-16(6-4-15)25-30(27,28)19-10-11-19/h3-6,9,12-13,17,19,25H,2,7-8,10-11H2,1H3. The van der Waals surface area contributed by atoms with Gasteiger partial charge in [-0.05, 0) is 62.4 Å². The SMILES string of the molecule is CCn1c(-c2ccc(NS(=O)(=O)C3CC3)cc2)c(C#N)c2ccc(OC3CC3)cc21. The number of hydrogen-bond donors (Lipinski definition) is 1. The Morgan fingerprint density at radius 3 is 2.47 bits per heavy atom. The topological polar surface area (TPSA) is 84.1 Å². The van der Waals surface area contributed by atoms with Crippen LogP contribution in [0.4, 0.5) is 5.69 Å². The second-order valence-electron chi connectivity index (χ2n) is 8.00. The molecule has 6 nitrogen and oxygen atoms in total. The Hall–Kier alpha value is -2.98. The van der Waals surface area contributed by atoms with Crippen molar-refractivity contribution in [2.75, 3.05) is 4.72 Å². The van der Waals surface area contributed by atoms with Crippen LogP contribution < -0.4 is 9.46 Å². The minimum atomic E-state index is -3.29. The lowest BCUT2D eigenvalue weighted by molar-refractivity contribution is 0.303. The summed E-state index contributed by atoms with van der Waals surface area (Å²) in [7, 11) is -3.29. The first-order valence-electron chi connectivity index (χ1n) is 10.3. The van der Waals surface area contributed by atoms with Gasteiger partial charge in [-0.3, -0.25) is 4.72 Å². The fraction of sp³-hybridized carbons (Fsp3) is 0.348. The zero-order valence-electron chi connectivity index (χ0n) is 16.8. The van der Waals surface area contributed by atoms with Crippen molar-refractivity contribution in [1.82, 2.24) is 4.57 Å². The zero-order valence-corrected chi connectivity index (χ0v) is 17.6. The largest absolute Gasteiger partial charge is 0.490 e. The van der Waals surface area contributed by atoms with Gasteiger partial charge in [-0.15, -0.1) is 0 Å². The molecule has 0 atom stereocenters. The Bertz CT molecular complexity index is 1260. The third-order valence-corrected chi connectivity index (χ3v) is 7.54. The molecule has 0 unspecified atom stereocenters. The van der Waals surface area contributed by atoms with Crippen molar-refractivity contribution in [2.45, 2.75) is 50.5 Å². The molecular formula is C23H23N3O3S. The van der Waals surface area contributed by atoms with Gasteiger partial charge in [0.2, 0.25) is 10.0 Å². The average Bonchev–Trinajstić information content (AvgIpc) is 3.64. The van der Waals surface area contributed by atoms with Gasteiger partial charge in [0.25, 0.3) is 0 Å². The molecule has 30 heavy (non-hydrogen) atoms.